The summed E-state index contributed by atoms with van der Waals surface area (Å²) >= 11 is 0. The van der Waals surface area contributed by atoms with Crippen molar-refractivity contribution in [3.8, 4) is 39.1 Å². The Morgan fingerprint density at radius 3 is 1.97 bits per heavy atom. The van der Waals surface area contributed by atoms with Gasteiger partial charge in [-0.2, -0.15) is 4.39 Å². The van der Waals surface area contributed by atoms with Crippen molar-refractivity contribution in [1.29, 1.82) is 0 Å². The van der Waals surface area contributed by atoms with Crippen LogP contribution in [0.15, 0.2) is 110 Å². The maximum Gasteiger partial charge on any atom is 0.201 e. The van der Waals surface area contributed by atoms with Gasteiger partial charge in [-0.15, -0.1) is 0 Å². The van der Waals surface area contributed by atoms with Crippen molar-refractivity contribution in [2.75, 3.05) is 6.61 Å². The minimum absolute atomic E-state index is 0.0805. The number of benzene rings is 5. The van der Waals surface area contributed by atoms with Crippen LogP contribution in [0.25, 0.3) is 50.2 Å². The van der Waals surface area contributed by atoms with Crippen molar-refractivity contribution in [3.63, 3.8) is 0 Å². The van der Waals surface area contributed by atoms with Gasteiger partial charge in [0.2, 0.25) is 5.82 Å². The van der Waals surface area contributed by atoms with Gasteiger partial charge in [0, 0.05) is 11.1 Å². The molecule has 5 aromatic rings. The number of fused-ring (bicyclic) bond motifs is 1. The van der Waals surface area contributed by atoms with E-state index in [0.717, 1.165) is 27.5 Å². The van der Waals surface area contributed by atoms with E-state index in [2.05, 4.69) is 13.2 Å². The zero-order valence-corrected chi connectivity index (χ0v) is 20.0. The average Bonchev–Trinajstić information content (AvgIpc) is 2.93. The number of hydrogen-bond donors (Lipinski definition) is 0. The van der Waals surface area contributed by atoms with E-state index < -0.39 is 11.6 Å². The predicted molar refractivity (Wildman–Crippen MR) is 146 cm³/mol. The Balaban J connectivity index is 1.41. The Morgan fingerprint density at radius 2 is 1.24 bits per heavy atom. The molecule has 37 heavy (non-hydrogen) atoms. The van der Waals surface area contributed by atoms with E-state index in [0.29, 0.717) is 16.7 Å². The SMILES string of the molecule is C=CCOc1ccc(-c2ccc(-c3ccc(-c4ccc5cc(C=C)ccc5c4)c(F)c3)cc2)c(F)c1F. The van der Waals surface area contributed by atoms with E-state index in [1.165, 1.54) is 24.3 Å². The van der Waals surface area contributed by atoms with E-state index in [4.69, 9.17) is 4.74 Å². The van der Waals surface area contributed by atoms with Crippen LogP contribution in [0.2, 0.25) is 0 Å². The quantitative estimate of drug-likeness (QED) is 0.206. The molecule has 182 valence electrons. The van der Waals surface area contributed by atoms with Crippen LogP contribution in [0.1, 0.15) is 5.56 Å². The van der Waals surface area contributed by atoms with Gasteiger partial charge in [0.15, 0.2) is 11.6 Å². The zero-order chi connectivity index (χ0) is 25.9. The largest absolute Gasteiger partial charge is 0.486 e. The van der Waals surface area contributed by atoms with Gasteiger partial charge in [-0.3, -0.25) is 0 Å². The summed E-state index contributed by atoms with van der Waals surface area (Å²) in [5.41, 5.74) is 4.39. The maximum absolute atomic E-state index is 15.2. The molecule has 0 fully saturated rings. The first-order valence-electron chi connectivity index (χ1n) is 11.8. The lowest BCUT2D eigenvalue weighted by atomic mass is 9.96. The Morgan fingerprint density at radius 1 is 0.595 bits per heavy atom. The normalized spacial score (nSPS) is 10.9. The monoisotopic (exact) mass is 492 g/mol. The lowest BCUT2D eigenvalue weighted by Gasteiger charge is -2.11. The molecular formula is C33H23F3O. The summed E-state index contributed by atoms with van der Waals surface area (Å²) in [5, 5.41) is 2.08. The summed E-state index contributed by atoms with van der Waals surface area (Å²) in [5.74, 6) is -2.54. The molecule has 5 rings (SSSR count). The average molecular weight is 493 g/mol. The highest BCUT2D eigenvalue weighted by atomic mass is 19.2. The lowest BCUT2D eigenvalue weighted by Crippen LogP contribution is -1.99. The predicted octanol–water partition coefficient (Wildman–Crippen LogP) is 9.47. The van der Waals surface area contributed by atoms with Gasteiger partial charge in [-0.05, 0) is 68.9 Å². The third kappa shape index (κ3) is 4.78. The molecule has 4 heteroatoms. The third-order valence-electron chi connectivity index (χ3n) is 6.31. The fourth-order valence-corrected chi connectivity index (χ4v) is 4.34. The minimum atomic E-state index is -1.05. The van der Waals surface area contributed by atoms with Gasteiger partial charge in [-0.25, -0.2) is 8.78 Å². The summed E-state index contributed by atoms with van der Waals surface area (Å²) in [6.07, 6.45) is 3.25. The molecule has 1 nitrogen and oxygen atoms in total. The van der Waals surface area contributed by atoms with Gasteiger partial charge >= 0.3 is 0 Å². The zero-order valence-electron chi connectivity index (χ0n) is 20.0. The van der Waals surface area contributed by atoms with Gasteiger partial charge in [0.25, 0.3) is 0 Å². The molecule has 0 N–H and O–H groups in total. The first kappa shape index (κ1) is 24.1. The first-order chi connectivity index (χ1) is 18.0. The Labute approximate surface area is 213 Å². The molecule has 0 saturated heterocycles. The van der Waals surface area contributed by atoms with E-state index in [1.54, 1.807) is 36.4 Å². The van der Waals surface area contributed by atoms with Gasteiger partial charge in [0.05, 0.1) is 0 Å². The van der Waals surface area contributed by atoms with Crippen molar-refractivity contribution in [2.45, 2.75) is 0 Å². The van der Waals surface area contributed by atoms with Crippen molar-refractivity contribution in [3.05, 3.63) is 133 Å². The number of rotatable bonds is 7. The summed E-state index contributed by atoms with van der Waals surface area (Å²) in [7, 11) is 0. The molecule has 0 unspecified atom stereocenters. The Kier molecular flexibility index (Phi) is 6.65. The number of ether oxygens (including phenoxy) is 1. The van der Waals surface area contributed by atoms with E-state index in [9.17, 15) is 8.78 Å². The second kappa shape index (κ2) is 10.2. The smallest absolute Gasteiger partial charge is 0.201 e. The molecule has 0 aliphatic carbocycles. The second-order valence-corrected chi connectivity index (χ2v) is 8.64. The van der Waals surface area contributed by atoms with Crippen LogP contribution in [-0.4, -0.2) is 6.61 Å². The molecular weight excluding hydrogens is 469 g/mol. The minimum Gasteiger partial charge on any atom is -0.486 e. The van der Waals surface area contributed by atoms with Crippen LogP contribution in [0.3, 0.4) is 0 Å². The van der Waals surface area contributed by atoms with E-state index in [1.807, 2.05) is 42.5 Å². The van der Waals surface area contributed by atoms with Crippen LogP contribution >= 0.6 is 0 Å². The van der Waals surface area contributed by atoms with Gasteiger partial charge in [0.1, 0.15) is 12.4 Å². The third-order valence-corrected chi connectivity index (χ3v) is 6.31. The van der Waals surface area contributed by atoms with E-state index in [-0.39, 0.29) is 23.7 Å². The van der Waals surface area contributed by atoms with E-state index >= 15 is 4.39 Å². The van der Waals surface area contributed by atoms with Crippen molar-refractivity contribution in [2.24, 2.45) is 0 Å². The second-order valence-electron chi connectivity index (χ2n) is 8.64. The molecule has 0 amide bonds. The standard InChI is InChI=1S/C33H23F3O/c1-3-17-37-31-16-15-29(32(35)33(31)36)23-9-7-22(8-10-23)26-13-14-28(30(34)20-26)27-12-11-24-18-21(4-2)5-6-25(24)19-27/h3-16,18-20H,1-2,17H2. The highest BCUT2D eigenvalue weighted by Gasteiger charge is 2.16. The highest BCUT2D eigenvalue weighted by molar-refractivity contribution is 5.89. The van der Waals surface area contributed by atoms with Crippen LogP contribution in [0.5, 0.6) is 5.75 Å². The summed E-state index contributed by atoms with van der Waals surface area (Å²) in [4.78, 5) is 0. The molecule has 0 aliphatic rings. The van der Waals surface area contributed by atoms with Crippen LogP contribution < -0.4 is 4.74 Å². The molecule has 0 atom stereocenters. The van der Waals surface area contributed by atoms with Crippen molar-refractivity contribution < 1.29 is 17.9 Å². The molecule has 5 aromatic carbocycles. The molecule has 0 aromatic heterocycles. The molecule has 0 spiro atoms. The summed E-state index contributed by atoms with van der Waals surface area (Å²) in [6.45, 7) is 7.38. The molecule has 0 saturated carbocycles. The van der Waals surface area contributed by atoms with Crippen LogP contribution in [0.4, 0.5) is 13.2 Å². The summed E-state index contributed by atoms with van der Waals surface area (Å²) < 4.78 is 49.4. The fourth-order valence-electron chi connectivity index (χ4n) is 4.34. The van der Waals surface area contributed by atoms with Gasteiger partial charge < -0.3 is 4.74 Å². The van der Waals surface area contributed by atoms with Crippen molar-refractivity contribution in [1.82, 2.24) is 0 Å². The van der Waals surface area contributed by atoms with Crippen LogP contribution in [-0.2, 0) is 0 Å². The Bertz CT molecular complexity index is 1630. The number of halogens is 3. The van der Waals surface area contributed by atoms with Gasteiger partial charge in [-0.1, -0.05) is 86.0 Å². The molecule has 0 aliphatic heterocycles. The topological polar surface area (TPSA) is 9.23 Å². The van der Waals surface area contributed by atoms with Crippen LogP contribution in [0, 0.1) is 17.5 Å². The highest BCUT2D eigenvalue weighted by Crippen LogP contribution is 2.33. The lowest BCUT2D eigenvalue weighted by molar-refractivity contribution is 0.333. The summed E-state index contributed by atoms with van der Waals surface area (Å²) in [6, 6.07) is 26.7. The number of hydrogen-bond acceptors (Lipinski definition) is 1. The Hall–Kier alpha value is -4.57. The molecule has 0 bridgehead atoms. The fraction of sp³-hybridized carbons (Fsp3) is 0.0303. The maximum atomic E-state index is 15.2. The van der Waals surface area contributed by atoms with Crippen molar-refractivity contribution >= 4 is 16.8 Å². The first-order valence-corrected chi connectivity index (χ1v) is 11.8. The molecule has 0 heterocycles. The molecule has 0 radical (unpaired) electrons.